The summed E-state index contributed by atoms with van der Waals surface area (Å²) in [6.45, 7) is 1.71. The molecule has 0 fully saturated rings. The Hall–Kier alpha value is -3.20. The Balaban J connectivity index is 2.56. The predicted molar refractivity (Wildman–Crippen MR) is 82.0 cm³/mol. The summed E-state index contributed by atoms with van der Waals surface area (Å²) < 4.78 is 0. The Labute approximate surface area is 127 Å². The van der Waals surface area contributed by atoms with Crippen molar-refractivity contribution in [2.24, 2.45) is 5.18 Å². The molecule has 0 aliphatic heterocycles. The van der Waals surface area contributed by atoms with Gasteiger partial charge in [0.15, 0.2) is 0 Å². The van der Waals surface area contributed by atoms with Gasteiger partial charge in [0, 0.05) is 0 Å². The number of nitroso groups, excluding NO2 is 1. The number of amides is 1. The van der Waals surface area contributed by atoms with Gasteiger partial charge < -0.3 is 5.11 Å². The van der Waals surface area contributed by atoms with E-state index in [9.17, 15) is 14.8 Å². The largest absolute Gasteiger partial charge is 0.465 e. The summed E-state index contributed by atoms with van der Waals surface area (Å²) in [5, 5.41) is 21.4. The van der Waals surface area contributed by atoms with Gasteiger partial charge in [0.05, 0.1) is 23.4 Å². The minimum Gasteiger partial charge on any atom is -0.465 e. The molecule has 0 bridgehead atoms. The molecule has 2 aromatic carbocycles. The van der Waals surface area contributed by atoms with E-state index in [1.807, 2.05) is 12.1 Å². The van der Waals surface area contributed by atoms with E-state index in [0.29, 0.717) is 0 Å². The molecule has 0 heterocycles. The summed E-state index contributed by atoms with van der Waals surface area (Å²) in [4.78, 5) is 23.7. The second-order valence-electron chi connectivity index (χ2n) is 4.65. The highest BCUT2D eigenvalue weighted by molar-refractivity contribution is 5.91. The van der Waals surface area contributed by atoms with Gasteiger partial charge in [-0.3, -0.25) is 4.90 Å². The summed E-state index contributed by atoms with van der Waals surface area (Å²) in [7, 11) is 0. The molecule has 0 aliphatic rings. The molecule has 0 saturated carbocycles. The van der Waals surface area contributed by atoms with Crippen molar-refractivity contribution < 1.29 is 9.90 Å². The Morgan fingerprint density at radius 3 is 2.50 bits per heavy atom. The Morgan fingerprint density at radius 1 is 1.27 bits per heavy atom. The van der Waals surface area contributed by atoms with E-state index in [4.69, 9.17) is 5.26 Å². The molecule has 0 saturated heterocycles. The smallest absolute Gasteiger partial charge is 0.412 e. The molecule has 2 rings (SSSR count). The Morgan fingerprint density at radius 2 is 1.95 bits per heavy atom. The highest BCUT2D eigenvalue weighted by atomic mass is 16.4. The fourth-order valence-corrected chi connectivity index (χ4v) is 2.22. The zero-order chi connectivity index (χ0) is 16.1. The summed E-state index contributed by atoms with van der Waals surface area (Å²) >= 11 is 0. The van der Waals surface area contributed by atoms with Crippen molar-refractivity contribution in [3.8, 4) is 6.07 Å². The maximum atomic E-state index is 11.7. The highest BCUT2D eigenvalue weighted by Crippen LogP contribution is 2.35. The minimum atomic E-state index is -1.23. The molecular weight excluding hydrogens is 282 g/mol. The maximum absolute atomic E-state index is 11.7. The van der Waals surface area contributed by atoms with Crippen LogP contribution in [0.2, 0.25) is 0 Å². The number of hydrogen-bond acceptors (Lipinski definition) is 4. The predicted octanol–water partition coefficient (Wildman–Crippen LogP) is 4.20. The molecule has 0 spiro atoms. The SMILES string of the molecule is C[C@H](c1ccccc1)N(C(=O)O)c1cc(C#N)ccc1N=O. The lowest BCUT2D eigenvalue weighted by molar-refractivity contribution is 0.199. The van der Waals surface area contributed by atoms with Gasteiger partial charge >= 0.3 is 6.09 Å². The summed E-state index contributed by atoms with van der Waals surface area (Å²) in [6.07, 6.45) is -1.23. The number of nitrogens with zero attached hydrogens (tertiary/aromatic N) is 3. The van der Waals surface area contributed by atoms with E-state index in [0.717, 1.165) is 10.5 Å². The van der Waals surface area contributed by atoms with E-state index in [1.54, 1.807) is 31.2 Å². The summed E-state index contributed by atoms with van der Waals surface area (Å²) in [5.74, 6) is 0. The zero-order valence-corrected chi connectivity index (χ0v) is 11.8. The van der Waals surface area contributed by atoms with Crippen LogP contribution in [0.1, 0.15) is 24.1 Å². The molecule has 1 N–H and O–H groups in total. The third kappa shape index (κ3) is 2.94. The molecule has 22 heavy (non-hydrogen) atoms. The van der Waals surface area contributed by atoms with E-state index < -0.39 is 12.1 Å². The lowest BCUT2D eigenvalue weighted by Gasteiger charge is -2.27. The van der Waals surface area contributed by atoms with Crippen LogP contribution in [-0.2, 0) is 0 Å². The van der Waals surface area contributed by atoms with Gasteiger partial charge in [-0.25, -0.2) is 4.79 Å². The average molecular weight is 295 g/mol. The van der Waals surface area contributed by atoms with E-state index in [2.05, 4.69) is 5.18 Å². The first-order valence-electron chi connectivity index (χ1n) is 6.53. The van der Waals surface area contributed by atoms with Gasteiger partial charge in [-0.2, -0.15) is 5.26 Å². The first-order chi connectivity index (χ1) is 10.6. The van der Waals surface area contributed by atoms with Crippen LogP contribution >= 0.6 is 0 Å². The number of carboxylic acid groups (broad SMARTS) is 1. The maximum Gasteiger partial charge on any atom is 0.412 e. The lowest BCUT2D eigenvalue weighted by atomic mass is 10.1. The van der Waals surface area contributed by atoms with Crippen LogP contribution < -0.4 is 4.90 Å². The lowest BCUT2D eigenvalue weighted by Crippen LogP contribution is -2.32. The molecule has 6 nitrogen and oxygen atoms in total. The fourth-order valence-electron chi connectivity index (χ4n) is 2.22. The number of rotatable bonds is 4. The van der Waals surface area contributed by atoms with E-state index in [-0.39, 0.29) is 16.9 Å². The van der Waals surface area contributed by atoms with Crippen molar-refractivity contribution in [2.75, 3.05) is 4.90 Å². The topological polar surface area (TPSA) is 93.8 Å². The molecule has 1 amide bonds. The van der Waals surface area contributed by atoms with Crippen molar-refractivity contribution in [3.05, 3.63) is 64.6 Å². The van der Waals surface area contributed by atoms with Crippen LogP contribution in [0.15, 0.2) is 53.7 Å². The van der Waals surface area contributed by atoms with Crippen LogP contribution in [-0.4, -0.2) is 11.2 Å². The molecular formula is C16H13N3O3. The number of anilines is 1. The van der Waals surface area contributed by atoms with Crippen LogP contribution in [0, 0.1) is 16.2 Å². The Kier molecular flexibility index (Phi) is 4.49. The van der Waals surface area contributed by atoms with Crippen molar-refractivity contribution in [1.29, 1.82) is 5.26 Å². The van der Waals surface area contributed by atoms with Gasteiger partial charge in [-0.15, -0.1) is 4.91 Å². The van der Waals surface area contributed by atoms with Gasteiger partial charge in [-0.05, 0) is 35.9 Å². The molecule has 0 aromatic heterocycles. The number of carbonyl (C=O) groups is 1. The summed E-state index contributed by atoms with van der Waals surface area (Å²) in [6, 6.07) is 14.5. The van der Waals surface area contributed by atoms with Crippen LogP contribution in [0.5, 0.6) is 0 Å². The van der Waals surface area contributed by atoms with E-state index >= 15 is 0 Å². The second kappa shape index (κ2) is 6.50. The molecule has 6 heteroatoms. The zero-order valence-electron chi connectivity index (χ0n) is 11.8. The molecule has 0 aliphatic carbocycles. The second-order valence-corrected chi connectivity index (χ2v) is 4.65. The van der Waals surface area contributed by atoms with Crippen molar-refractivity contribution in [1.82, 2.24) is 0 Å². The van der Waals surface area contributed by atoms with Gasteiger partial charge in [-0.1, -0.05) is 30.3 Å². The monoisotopic (exact) mass is 295 g/mol. The Bertz CT molecular complexity index is 738. The average Bonchev–Trinajstić information content (AvgIpc) is 2.55. The highest BCUT2D eigenvalue weighted by Gasteiger charge is 2.25. The molecule has 0 unspecified atom stereocenters. The molecule has 1 atom stereocenters. The molecule has 2 aromatic rings. The summed E-state index contributed by atoms with van der Waals surface area (Å²) in [5.41, 5.74) is 1.10. The molecule has 0 radical (unpaired) electrons. The molecule has 110 valence electrons. The third-order valence-electron chi connectivity index (χ3n) is 3.34. The first-order valence-corrected chi connectivity index (χ1v) is 6.53. The van der Waals surface area contributed by atoms with Crippen LogP contribution in [0.3, 0.4) is 0 Å². The van der Waals surface area contributed by atoms with Crippen LogP contribution in [0.25, 0.3) is 0 Å². The van der Waals surface area contributed by atoms with Crippen LogP contribution in [0.4, 0.5) is 16.2 Å². The van der Waals surface area contributed by atoms with E-state index in [1.165, 1.54) is 18.2 Å². The van der Waals surface area contributed by atoms with Crippen molar-refractivity contribution >= 4 is 17.5 Å². The third-order valence-corrected chi connectivity index (χ3v) is 3.34. The number of hydrogen-bond donors (Lipinski definition) is 1. The normalized spacial score (nSPS) is 11.3. The van der Waals surface area contributed by atoms with Crippen molar-refractivity contribution in [3.63, 3.8) is 0 Å². The fraction of sp³-hybridized carbons (Fsp3) is 0.125. The van der Waals surface area contributed by atoms with Gasteiger partial charge in [0.2, 0.25) is 0 Å². The van der Waals surface area contributed by atoms with Gasteiger partial charge in [0.1, 0.15) is 5.69 Å². The first kappa shape index (κ1) is 15.2. The minimum absolute atomic E-state index is 0.0239. The standard InChI is InChI=1S/C16H13N3O3/c1-11(13-5-3-2-4-6-13)19(16(20)21)15-9-12(10-17)7-8-14(15)18-22/h2-9,11H,1H3,(H,20,21)/t11-/m1/s1. The number of benzene rings is 2. The number of nitriles is 1. The van der Waals surface area contributed by atoms with Crippen molar-refractivity contribution in [2.45, 2.75) is 13.0 Å². The quantitative estimate of drug-likeness (QED) is 0.855. The van der Waals surface area contributed by atoms with Gasteiger partial charge in [0.25, 0.3) is 0 Å².